The van der Waals surface area contributed by atoms with Crippen LogP contribution in [0.15, 0.2) is 18.2 Å². The summed E-state index contributed by atoms with van der Waals surface area (Å²) in [4.78, 5) is 14.1. The lowest BCUT2D eigenvalue weighted by molar-refractivity contribution is -0.132. The fourth-order valence-corrected chi connectivity index (χ4v) is 3.27. The quantitative estimate of drug-likeness (QED) is 0.764. The Balaban J connectivity index is 1.95. The summed E-state index contributed by atoms with van der Waals surface area (Å²) in [5.41, 5.74) is 0.525. The first-order valence-electron chi connectivity index (χ1n) is 6.88. The maximum atomic E-state index is 13.1. The second-order valence-corrected chi connectivity index (χ2v) is 6.04. The van der Waals surface area contributed by atoms with E-state index < -0.39 is 11.6 Å². The van der Waals surface area contributed by atoms with Crippen LogP contribution in [0.1, 0.15) is 24.8 Å². The molecule has 1 unspecified atom stereocenters. The monoisotopic (exact) mass is 345 g/mol. The summed E-state index contributed by atoms with van der Waals surface area (Å²) in [6.07, 6.45) is 3.37. The van der Waals surface area contributed by atoms with Gasteiger partial charge in [-0.25, -0.2) is 8.78 Å². The maximum absolute atomic E-state index is 13.1. The highest BCUT2D eigenvalue weighted by Crippen LogP contribution is 2.21. The number of rotatable bonds is 4. The Hall–Kier alpha value is -0.970. The van der Waals surface area contributed by atoms with Gasteiger partial charge in [-0.15, -0.1) is 0 Å². The summed E-state index contributed by atoms with van der Waals surface area (Å²) in [6.45, 7) is 1.54. The molecule has 1 amide bonds. The van der Waals surface area contributed by atoms with Gasteiger partial charge in [-0.1, -0.05) is 22.0 Å². The van der Waals surface area contributed by atoms with Crippen LogP contribution in [-0.4, -0.2) is 29.2 Å². The number of likely N-dealkylation sites (tertiary alicyclic amines) is 1. The third-order valence-corrected chi connectivity index (χ3v) is 4.19. The molecule has 0 aliphatic carbocycles. The molecule has 0 N–H and O–H groups in total. The minimum atomic E-state index is -0.897. The smallest absolute Gasteiger partial charge is 0.227 e. The zero-order valence-corrected chi connectivity index (χ0v) is 12.8. The van der Waals surface area contributed by atoms with Crippen LogP contribution in [0.3, 0.4) is 0 Å². The number of piperidine rings is 1. The maximum Gasteiger partial charge on any atom is 0.227 e. The lowest BCUT2D eigenvalue weighted by Gasteiger charge is -2.32. The van der Waals surface area contributed by atoms with Crippen molar-refractivity contribution in [2.24, 2.45) is 5.92 Å². The van der Waals surface area contributed by atoms with Crippen LogP contribution < -0.4 is 0 Å². The second-order valence-electron chi connectivity index (χ2n) is 5.25. The van der Waals surface area contributed by atoms with Crippen molar-refractivity contribution in [3.05, 3.63) is 35.4 Å². The number of hydrogen-bond acceptors (Lipinski definition) is 1. The molecule has 2 rings (SSSR count). The first-order valence-corrected chi connectivity index (χ1v) is 8.00. The van der Waals surface area contributed by atoms with Crippen LogP contribution >= 0.6 is 15.9 Å². The number of benzene rings is 1. The van der Waals surface area contributed by atoms with Crippen molar-refractivity contribution in [2.75, 3.05) is 18.4 Å². The highest BCUT2D eigenvalue weighted by molar-refractivity contribution is 9.09. The van der Waals surface area contributed by atoms with Gasteiger partial charge in [0, 0.05) is 18.4 Å². The topological polar surface area (TPSA) is 20.3 Å². The SMILES string of the molecule is O=C(Cc1ccc(F)c(F)c1)N1CCCC(CCBr)C1. The Morgan fingerprint density at radius 3 is 2.85 bits per heavy atom. The van der Waals surface area contributed by atoms with Gasteiger partial charge >= 0.3 is 0 Å². The first kappa shape index (κ1) is 15.4. The molecule has 1 fully saturated rings. The minimum absolute atomic E-state index is 0.00437. The van der Waals surface area contributed by atoms with Gasteiger partial charge < -0.3 is 4.90 Å². The van der Waals surface area contributed by atoms with E-state index in [4.69, 9.17) is 0 Å². The van der Waals surface area contributed by atoms with Gasteiger partial charge in [-0.05, 0) is 42.9 Å². The molecule has 1 aliphatic heterocycles. The standard InChI is InChI=1S/C15H18BrF2NO/c16-6-5-11-2-1-7-19(10-11)15(20)9-12-3-4-13(17)14(18)8-12/h3-4,8,11H,1-2,5-7,9-10H2. The van der Waals surface area contributed by atoms with E-state index in [1.54, 1.807) is 0 Å². The molecule has 20 heavy (non-hydrogen) atoms. The van der Waals surface area contributed by atoms with Crippen molar-refractivity contribution in [3.8, 4) is 0 Å². The molecule has 1 aliphatic rings. The van der Waals surface area contributed by atoms with Crippen LogP contribution in [-0.2, 0) is 11.2 Å². The van der Waals surface area contributed by atoms with E-state index in [0.29, 0.717) is 11.5 Å². The Bertz CT molecular complexity index is 479. The minimum Gasteiger partial charge on any atom is -0.342 e. The molecule has 1 aromatic carbocycles. The van der Waals surface area contributed by atoms with Gasteiger partial charge in [-0.3, -0.25) is 4.79 Å². The molecular formula is C15H18BrF2NO. The lowest BCUT2D eigenvalue weighted by Crippen LogP contribution is -2.40. The number of hydrogen-bond donors (Lipinski definition) is 0. The largest absolute Gasteiger partial charge is 0.342 e. The summed E-state index contributed by atoms with van der Waals surface area (Å²) in [7, 11) is 0. The third kappa shape index (κ3) is 4.01. The van der Waals surface area contributed by atoms with Crippen molar-refractivity contribution in [1.82, 2.24) is 4.90 Å². The van der Waals surface area contributed by atoms with Crippen LogP contribution in [0.25, 0.3) is 0 Å². The lowest BCUT2D eigenvalue weighted by atomic mass is 9.95. The normalized spacial score (nSPS) is 19.1. The number of nitrogens with zero attached hydrogens (tertiary/aromatic N) is 1. The molecule has 0 saturated carbocycles. The predicted molar refractivity (Wildman–Crippen MR) is 77.8 cm³/mol. The van der Waals surface area contributed by atoms with E-state index in [1.807, 2.05) is 4.90 Å². The molecule has 1 saturated heterocycles. The molecule has 1 heterocycles. The van der Waals surface area contributed by atoms with Crippen LogP contribution in [0, 0.1) is 17.6 Å². The molecule has 2 nitrogen and oxygen atoms in total. The molecule has 5 heteroatoms. The van der Waals surface area contributed by atoms with Crippen molar-refractivity contribution in [2.45, 2.75) is 25.7 Å². The van der Waals surface area contributed by atoms with E-state index in [-0.39, 0.29) is 12.3 Å². The molecule has 0 aromatic heterocycles. The zero-order chi connectivity index (χ0) is 14.5. The van der Waals surface area contributed by atoms with Gasteiger partial charge in [0.05, 0.1) is 6.42 Å². The van der Waals surface area contributed by atoms with Crippen molar-refractivity contribution in [1.29, 1.82) is 0 Å². The highest BCUT2D eigenvalue weighted by Gasteiger charge is 2.23. The van der Waals surface area contributed by atoms with Gasteiger partial charge in [0.1, 0.15) is 0 Å². The van der Waals surface area contributed by atoms with Gasteiger partial charge in [0.25, 0.3) is 0 Å². The average molecular weight is 346 g/mol. The van der Waals surface area contributed by atoms with Crippen molar-refractivity contribution < 1.29 is 13.6 Å². The summed E-state index contributed by atoms with van der Waals surface area (Å²) in [5.74, 6) is -1.24. The fraction of sp³-hybridized carbons (Fsp3) is 0.533. The summed E-state index contributed by atoms with van der Waals surface area (Å²) in [6, 6.07) is 3.64. The molecule has 1 atom stereocenters. The average Bonchev–Trinajstić information content (AvgIpc) is 2.43. The first-order chi connectivity index (χ1) is 9.60. The van der Waals surface area contributed by atoms with E-state index in [0.717, 1.165) is 49.8 Å². The van der Waals surface area contributed by atoms with E-state index in [1.165, 1.54) is 6.07 Å². The van der Waals surface area contributed by atoms with Crippen molar-refractivity contribution >= 4 is 21.8 Å². The molecular weight excluding hydrogens is 328 g/mol. The van der Waals surface area contributed by atoms with Gasteiger partial charge in [0.2, 0.25) is 5.91 Å². The summed E-state index contributed by atoms with van der Waals surface area (Å²) >= 11 is 3.43. The number of alkyl halides is 1. The highest BCUT2D eigenvalue weighted by atomic mass is 79.9. The molecule has 110 valence electrons. The van der Waals surface area contributed by atoms with E-state index in [9.17, 15) is 13.6 Å². The van der Waals surface area contributed by atoms with Crippen LogP contribution in [0.2, 0.25) is 0 Å². The molecule has 0 spiro atoms. The van der Waals surface area contributed by atoms with E-state index in [2.05, 4.69) is 15.9 Å². The Morgan fingerprint density at radius 2 is 2.15 bits per heavy atom. The van der Waals surface area contributed by atoms with Crippen LogP contribution in [0.5, 0.6) is 0 Å². The van der Waals surface area contributed by atoms with Gasteiger partial charge in [-0.2, -0.15) is 0 Å². The zero-order valence-electron chi connectivity index (χ0n) is 11.2. The number of carbonyl (C=O) groups is 1. The fourth-order valence-electron chi connectivity index (χ4n) is 2.62. The van der Waals surface area contributed by atoms with Crippen molar-refractivity contribution in [3.63, 3.8) is 0 Å². The Morgan fingerprint density at radius 1 is 1.35 bits per heavy atom. The summed E-state index contributed by atoms with van der Waals surface area (Å²) < 4.78 is 26.0. The number of amides is 1. The van der Waals surface area contributed by atoms with Gasteiger partial charge in [0.15, 0.2) is 11.6 Å². The molecule has 0 radical (unpaired) electrons. The Kier molecular flexibility index (Phi) is 5.52. The van der Waals surface area contributed by atoms with Crippen LogP contribution in [0.4, 0.5) is 8.78 Å². The number of carbonyl (C=O) groups excluding carboxylic acids is 1. The summed E-state index contributed by atoms with van der Waals surface area (Å²) in [5, 5.41) is 0.947. The predicted octanol–water partition coefficient (Wildman–Crippen LogP) is 3.53. The second kappa shape index (κ2) is 7.16. The third-order valence-electron chi connectivity index (χ3n) is 3.73. The van der Waals surface area contributed by atoms with E-state index >= 15 is 0 Å². The molecule has 0 bridgehead atoms. The number of halogens is 3. The Labute approximate surface area is 126 Å². The molecule has 1 aromatic rings.